The van der Waals surface area contributed by atoms with Crippen molar-refractivity contribution in [2.45, 2.75) is 55.4 Å². The summed E-state index contributed by atoms with van der Waals surface area (Å²) in [5.74, 6) is 0. The quantitative estimate of drug-likeness (QED) is 0.216. The highest BCUT2D eigenvalue weighted by Crippen LogP contribution is 2.22. The van der Waals surface area contributed by atoms with E-state index in [2.05, 4.69) is 109 Å². The van der Waals surface area contributed by atoms with E-state index >= 15 is 0 Å². The Morgan fingerprint density at radius 2 is 0.406 bits per heavy atom. The van der Waals surface area contributed by atoms with E-state index < -0.39 is 0 Å². The maximum Gasteiger partial charge on any atom is -0.0178 e. The third kappa shape index (κ3) is 8.94. The van der Waals surface area contributed by atoms with E-state index in [4.69, 9.17) is 0 Å². The Morgan fingerprint density at radius 1 is 0.250 bits per heavy atom. The van der Waals surface area contributed by atoms with Gasteiger partial charge < -0.3 is 0 Å². The molecule has 0 aliphatic rings. The van der Waals surface area contributed by atoms with Crippen LogP contribution in [-0.4, -0.2) is 0 Å². The second-order valence-corrected chi connectivity index (χ2v) is 5.89. The van der Waals surface area contributed by atoms with Crippen molar-refractivity contribution in [1.82, 2.24) is 0 Å². The molecule has 0 aliphatic carbocycles. The van der Waals surface area contributed by atoms with Crippen LogP contribution < -0.4 is 0 Å². The molecule has 5 rings (SSSR count). The Bertz CT molecular complexity index is 936. The molecule has 0 saturated carbocycles. The van der Waals surface area contributed by atoms with Crippen molar-refractivity contribution < 1.29 is 0 Å². The van der Waals surface area contributed by atoms with Crippen molar-refractivity contribution >= 4 is 32.3 Å². The maximum absolute atomic E-state index is 2.24. The Balaban J connectivity index is 0.000000472. The van der Waals surface area contributed by atoms with E-state index in [-0.39, 0.29) is 0 Å². The van der Waals surface area contributed by atoms with Gasteiger partial charge in [-0.3, -0.25) is 0 Å². The highest BCUT2D eigenvalue weighted by molar-refractivity contribution is 5.98. The number of fused-ring (bicyclic) bond motifs is 3. The third-order valence-corrected chi connectivity index (χ3v) is 4.27. The van der Waals surface area contributed by atoms with E-state index in [1.807, 2.05) is 55.4 Å². The second-order valence-electron chi connectivity index (χ2n) is 5.89. The minimum absolute atomic E-state index is 1.31. The van der Waals surface area contributed by atoms with Gasteiger partial charge in [-0.15, -0.1) is 0 Å². The van der Waals surface area contributed by atoms with Crippen LogP contribution in [0.2, 0.25) is 0 Å². The summed E-state index contributed by atoms with van der Waals surface area (Å²) in [4.78, 5) is 0. The molecule has 0 unspecified atom stereocenters. The predicted octanol–water partition coefficient (Wildman–Crippen LogP) is 10.9. The topological polar surface area (TPSA) is 0 Å². The molecule has 0 fully saturated rings. The summed E-state index contributed by atoms with van der Waals surface area (Å²) in [6.07, 6.45) is 0. The van der Waals surface area contributed by atoms with Gasteiger partial charge in [0.15, 0.2) is 0 Å². The monoisotopic (exact) mass is 426 g/mol. The molecule has 5 aromatic carbocycles. The lowest BCUT2D eigenvalue weighted by molar-refractivity contribution is 1.50. The Hall–Kier alpha value is -3.12. The molecule has 0 heteroatoms. The van der Waals surface area contributed by atoms with Crippen LogP contribution in [0.4, 0.5) is 0 Å². The summed E-state index contributed by atoms with van der Waals surface area (Å²) in [6.45, 7) is 16.0. The van der Waals surface area contributed by atoms with Gasteiger partial charge in [-0.1, -0.05) is 152 Å². The summed E-state index contributed by atoms with van der Waals surface area (Å²) in [7, 11) is 0. The fraction of sp³-hybridized carbons (Fsp3) is 0.250. The molecule has 32 heavy (non-hydrogen) atoms. The zero-order valence-electron chi connectivity index (χ0n) is 21.4. The van der Waals surface area contributed by atoms with E-state index in [0.717, 1.165) is 0 Å². The summed E-state index contributed by atoms with van der Waals surface area (Å²) in [5, 5.41) is 7.87. The number of hydrogen-bond acceptors (Lipinski definition) is 0. The van der Waals surface area contributed by atoms with Crippen LogP contribution in [0.5, 0.6) is 0 Å². The Kier molecular flexibility index (Phi) is 16.8. The van der Waals surface area contributed by atoms with E-state index in [0.29, 0.717) is 0 Å². The van der Waals surface area contributed by atoms with Crippen molar-refractivity contribution in [3.63, 3.8) is 0 Å². The van der Waals surface area contributed by atoms with Crippen molar-refractivity contribution in [2.75, 3.05) is 0 Å². The first-order chi connectivity index (χ1) is 15.9. The van der Waals surface area contributed by atoms with Gasteiger partial charge in [0, 0.05) is 0 Å². The summed E-state index contributed by atoms with van der Waals surface area (Å²) >= 11 is 0. The molecule has 0 aromatic heterocycles. The standard InChI is InChI=1S/C14H10.C10H8.4C2H6/c1-2-6-12-10-14-8-4-3-7-13(14)9-11(12)5-1;1-2-6-10-8-4-3-7-9(10)5-1;4*1-2/h1-10H;1-8H;4*1-2H3. The molecule has 0 saturated heterocycles. The summed E-state index contributed by atoms with van der Waals surface area (Å²) < 4.78 is 0. The minimum atomic E-state index is 1.31. The molecule has 0 amide bonds. The van der Waals surface area contributed by atoms with Gasteiger partial charge in [-0.2, -0.15) is 0 Å². The minimum Gasteiger partial charge on any atom is -0.0683 e. The highest BCUT2D eigenvalue weighted by atomic mass is 14.0. The maximum atomic E-state index is 2.24. The first-order valence-corrected chi connectivity index (χ1v) is 12.2. The average Bonchev–Trinajstić information content (AvgIpc) is 2.92. The van der Waals surface area contributed by atoms with E-state index in [1.165, 1.54) is 32.3 Å². The molecule has 0 aliphatic heterocycles. The normalized spacial score (nSPS) is 8.62. The average molecular weight is 427 g/mol. The van der Waals surface area contributed by atoms with Gasteiger partial charge >= 0.3 is 0 Å². The molecule has 0 spiro atoms. The van der Waals surface area contributed by atoms with Crippen LogP contribution in [0.3, 0.4) is 0 Å². The Morgan fingerprint density at radius 3 is 0.594 bits per heavy atom. The van der Waals surface area contributed by atoms with Gasteiger partial charge in [-0.05, 0) is 44.5 Å². The van der Waals surface area contributed by atoms with Crippen LogP contribution in [-0.2, 0) is 0 Å². The smallest absolute Gasteiger partial charge is 0.0178 e. The fourth-order valence-electron chi connectivity index (χ4n) is 3.02. The van der Waals surface area contributed by atoms with Gasteiger partial charge in [0.25, 0.3) is 0 Å². The first-order valence-electron chi connectivity index (χ1n) is 12.2. The summed E-state index contributed by atoms with van der Waals surface area (Å²) in [6, 6.07) is 38.1. The van der Waals surface area contributed by atoms with Crippen LogP contribution in [0.1, 0.15) is 55.4 Å². The lowest BCUT2D eigenvalue weighted by atomic mass is 10.0. The van der Waals surface area contributed by atoms with Crippen molar-refractivity contribution in [3.8, 4) is 0 Å². The van der Waals surface area contributed by atoms with Crippen molar-refractivity contribution in [1.29, 1.82) is 0 Å². The molecular weight excluding hydrogens is 384 g/mol. The summed E-state index contributed by atoms with van der Waals surface area (Å²) in [5.41, 5.74) is 0. The van der Waals surface area contributed by atoms with Crippen LogP contribution in [0, 0.1) is 0 Å². The zero-order valence-corrected chi connectivity index (χ0v) is 21.4. The second kappa shape index (κ2) is 18.6. The lowest BCUT2D eigenvalue weighted by Gasteiger charge is -2.00. The van der Waals surface area contributed by atoms with Gasteiger partial charge in [-0.25, -0.2) is 0 Å². The first kappa shape index (κ1) is 28.9. The largest absolute Gasteiger partial charge is 0.0683 e. The van der Waals surface area contributed by atoms with Crippen molar-refractivity contribution in [2.24, 2.45) is 0 Å². The van der Waals surface area contributed by atoms with Crippen molar-refractivity contribution in [3.05, 3.63) is 109 Å². The molecule has 0 bridgehead atoms. The molecule has 0 radical (unpaired) electrons. The number of rotatable bonds is 0. The van der Waals surface area contributed by atoms with E-state index in [1.54, 1.807) is 0 Å². The molecule has 5 aromatic rings. The van der Waals surface area contributed by atoms with E-state index in [9.17, 15) is 0 Å². The molecular formula is C32H42. The van der Waals surface area contributed by atoms with Gasteiger partial charge in [0.2, 0.25) is 0 Å². The number of benzene rings is 5. The van der Waals surface area contributed by atoms with Gasteiger partial charge in [0.05, 0.1) is 0 Å². The fourth-order valence-corrected chi connectivity index (χ4v) is 3.02. The molecule has 0 heterocycles. The molecule has 0 atom stereocenters. The van der Waals surface area contributed by atoms with Crippen LogP contribution in [0.15, 0.2) is 109 Å². The molecule has 170 valence electrons. The highest BCUT2D eigenvalue weighted by Gasteiger charge is 1.95. The number of hydrogen-bond donors (Lipinski definition) is 0. The molecule has 0 N–H and O–H groups in total. The van der Waals surface area contributed by atoms with Crippen LogP contribution in [0.25, 0.3) is 32.3 Å². The lowest BCUT2D eigenvalue weighted by Crippen LogP contribution is -1.74. The SMILES string of the molecule is CC.CC.CC.CC.c1ccc2cc3ccccc3cc2c1.c1ccc2ccccc2c1. The third-order valence-electron chi connectivity index (χ3n) is 4.27. The zero-order chi connectivity index (χ0) is 24.2. The predicted molar refractivity (Wildman–Crippen MR) is 151 cm³/mol. The van der Waals surface area contributed by atoms with Crippen LogP contribution >= 0.6 is 0 Å². The van der Waals surface area contributed by atoms with Gasteiger partial charge in [0.1, 0.15) is 0 Å². The Labute approximate surface area is 196 Å². The molecule has 0 nitrogen and oxygen atoms in total.